The van der Waals surface area contributed by atoms with Crippen LogP contribution in [0.4, 0.5) is 10.5 Å². The number of nitrogens with one attached hydrogen (secondary N) is 1. The maximum absolute atomic E-state index is 12.4. The fraction of sp³-hybridized carbons (Fsp3) is 0.600. The summed E-state index contributed by atoms with van der Waals surface area (Å²) in [4.78, 5) is 37.7. The second kappa shape index (κ2) is 12.5. The van der Waals surface area contributed by atoms with E-state index in [0.29, 0.717) is 18.8 Å². The third-order valence-electron chi connectivity index (χ3n) is 6.67. The molecule has 0 bridgehead atoms. The van der Waals surface area contributed by atoms with Crippen molar-refractivity contribution in [3.8, 4) is 0 Å². The molecule has 0 radical (unpaired) electrons. The number of piperidine rings is 1. The van der Waals surface area contributed by atoms with Crippen molar-refractivity contribution in [2.45, 2.75) is 70.9 Å². The van der Waals surface area contributed by atoms with Crippen LogP contribution < -0.4 is 40.6 Å². The number of carbonyl (C=O) groups excluding carboxylic acids is 2. The van der Waals surface area contributed by atoms with E-state index in [1.54, 1.807) is 23.6 Å². The number of carboxylic acid groups (broad SMARTS) is 1. The van der Waals surface area contributed by atoms with Gasteiger partial charge in [0.25, 0.3) is 0 Å². The molecule has 2 aromatic rings. The van der Waals surface area contributed by atoms with Gasteiger partial charge < -0.3 is 31.3 Å². The van der Waals surface area contributed by atoms with E-state index in [1.807, 2.05) is 39.0 Å². The van der Waals surface area contributed by atoms with Crippen molar-refractivity contribution in [3.63, 3.8) is 0 Å². The number of fused-ring (bicyclic) bond motifs is 1. The largest absolute Gasteiger partial charge is 1.00 e. The fourth-order valence-electron chi connectivity index (χ4n) is 4.54. The molecule has 0 saturated carbocycles. The van der Waals surface area contributed by atoms with Crippen LogP contribution in [0.1, 0.15) is 59.6 Å². The van der Waals surface area contributed by atoms with Crippen LogP contribution in [0.3, 0.4) is 0 Å². The first-order chi connectivity index (χ1) is 16.2. The zero-order valence-electron chi connectivity index (χ0n) is 22.9. The van der Waals surface area contributed by atoms with Gasteiger partial charge in [0.05, 0.1) is 16.6 Å². The summed E-state index contributed by atoms with van der Waals surface area (Å²) in [5, 5.41) is 18.0. The standard InChI is InChI=1S/C25H37N5O5.Na.H2O/c1-15-14-30(23(34)35-24(2,3)4)12-10-18(15)27-16-7-8-17-19(13-16)29(6)28-21(17)25(5,22(26)33)11-9-20(31)32;;/h7-8,13,15,18,27H,9-12,14H2,1-6H3,(H2,26,33)(H,31,32);;1H2/q;+1;/p-1/t15-,18-,25?;;/m1../s1. The van der Waals surface area contributed by atoms with Crippen LogP contribution in [0, 0.1) is 5.92 Å². The van der Waals surface area contributed by atoms with E-state index >= 15 is 0 Å². The van der Waals surface area contributed by atoms with Crippen LogP contribution in [-0.2, 0) is 26.8 Å². The van der Waals surface area contributed by atoms with Gasteiger partial charge in [0.2, 0.25) is 5.91 Å². The number of hydrogen-bond acceptors (Lipinski definition) is 7. The first-order valence-corrected chi connectivity index (χ1v) is 11.9. The summed E-state index contributed by atoms with van der Waals surface area (Å²) in [6.45, 7) is 10.5. The molecule has 3 rings (SSSR count). The maximum atomic E-state index is 12.4. The second-order valence-corrected chi connectivity index (χ2v) is 10.7. The average Bonchev–Trinajstić information content (AvgIpc) is 3.08. The number of rotatable bonds is 7. The summed E-state index contributed by atoms with van der Waals surface area (Å²) in [6.07, 6.45) is 0.380. The minimum atomic E-state index is -1.20. The number of primary amides is 1. The van der Waals surface area contributed by atoms with Gasteiger partial charge in [-0.25, -0.2) is 4.79 Å². The molecule has 1 aliphatic rings. The SMILES string of the molecule is C[C@@H]1CN(C(=O)OC(C)(C)C)CC[C@H]1Nc1ccc2c(C(C)(CCC(=O)O)C(N)=O)nn(C)c2c1.[Na+].[OH-]. The number of aromatic nitrogens is 2. The Kier molecular flexibility index (Phi) is 11.0. The van der Waals surface area contributed by atoms with Gasteiger partial charge in [0, 0.05) is 43.7 Å². The Labute approximate surface area is 239 Å². The van der Waals surface area contributed by atoms with Crippen molar-refractivity contribution in [1.29, 1.82) is 0 Å². The molecule has 5 N–H and O–H groups in total. The van der Waals surface area contributed by atoms with Crippen LogP contribution in [0.25, 0.3) is 10.9 Å². The molecular formula is C25H38N5NaO6. The number of aryl methyl sites for hydroxylation is 1. The number of hydrogen-bond donors (Lipinski definition) is 3. The van der Waals surface area contributed by atoms with Gasteiger partial charge in [0.15, 0.2) is 0 Å². The predicted molar refractivity (Wildman–Crippen MR) is 135 cm³/mol. The third kappa shape index (κ3) is 7.59. The predicted octanol–water partition coefficient (Wildman–Crippen LogP) is 0.0657. The zero-order chi connectivity index (χ0) is 26.1. The molecule has 1 aromatic heterocycles. The third-order valence-corrected chi connectivity index (χ3v) is 6.67. The van der Waals surface area contributed by atoms with E-state index in [-0.39, 0.29) is 65.9 Å². The van der Waals surface area contributed by atoms with E-state index in [0.717, 1.165) is 23.0 Å². The Morgan fingerprint density at radius 2 is 1.89 bits per heavy atom. The number of amides is 2. The Morgan fingerprint density at radius 1 is 1.24 bits per heavy atom. The number of carbonyl (C=O) groups is 3. The Balaban J connectivity index is 0.00000342. The Morgan fingerprint density at radius 3 is 2.43 bits per heavy atom. The van der Waals surface area contributed by atoms with E-state index < -0.39 is 22.9 Å². The Bertz CT molecular complexity index is 1130. The van der Waals surface area contributed by atoms with E-state index in [2.05, 4.69) is 17.3 Å². The second-order valence-electron chi connectivity index (χ2n) is 10.7. The number of anilines is 1. The fourth-order valence-corrected chi connectivity index (χ4v) is 4.54. The molecule has 3 atom stereocenters. The summed E-state index contributed by atoms with van der Waals surface area (Å²) >= 11 is 0. The molecule has 200 valence electrons. The topological polar surface area (TPSA) is 170 Å². The van der Waals surface area contributed by atoms with Gasteiger partial charge in [-0.15, -0.1) is 0 Å². The number of carboxylic acids is 1. The number of aliphatic carboxylic acids is 1. The van der Waals surface area contributed by atoms with Crippen LogP contribution >= 0.6 is 0 Å². The minimum absolute atomic E-state index is 0. The number of ether oxygens (including phenoxy) is 1. The van der Waals surface area contributed by atoms with Crippen molar-refractivity contribution in [1.82, 2.24) is 14.7 Å². The molecule has 2 heterocycles. The molecule has 1 saturated heterocycles. The summed E-state index contributed by atoms with van der Waals surface area (Å²) in [5.41, 5.74) is 6.17. The van der Waals surface area contributed by atoms with Crippen molar-refractivity contribution in [3.05, 3.63) is 23.9 Å². The van der Waals surface area contributed by atoms with Crippen LogP contribution in [0.5, 0.6) is 0 Å². The van der Waals surface area contributed by atoms with Gasteiger partial charge in [0.1, 0.15) is 5.60 Å². The van der Waals surface area contributed by atoms with Gasteiger partial charge in [-0.2, -0.15) is 5.10 Å². The van der Waals surface area contributed by atoms with Gasteiger partial charge in [-0.3, -0.25) is 14.3 Å². The van der Waals surface area contributed by atoms with Gasteiger partial charge >= 0.3 is 41.6 Å². The number of likely N-dealkylation sites (tertiary alicyclic amines) is 1. The summed E-state index contributed by atoms with van der Waals surface area (Å²) in [5.74, 6) is -1.38. The van der Waals surface area contributed by atoms with Crippen LogP contribution in [0.15, 0.2) is 18.2 Å². The van der Waals surface area contributed by atoms with Crippen molar-refractivity contribution in [2.24, 2.45) is 18.7 Å². The van der Waals surface area contributed by atoms with Crippen molar-refractivity contribution < 1.29 is 59.3 Å². The van der Waals surface area contributed by atoms with Crippen molar-refractivity contribution >= 4 is 34.6 Å². The smallest absolute Gasteiger partial charge is 0.870 e. The van der Waals surface area contributed by atoms with Gasteiger partial charge in [-0.05, 0) is 64.7 Å². The van der Waals surface area contributed by atoms with E-state index in [1.165, 1.54) is 0 Å². The molecule has 0 spiro atoms. The van der Waals surface area contributed by atoms with Crippen LogP contribution in [-0.4, -0.2) is 68.0 Å². The molecule has 1 fully saturated rings. The molecule has 12 heteroatoms. The summed E-state index contributed by atoms with van der Waals surface area (Å²) < 4.78 is 7.20. The molecule has 1 unspecified atom stereocenters. The van der Waals surface area contributed by atoms with E-state index in [9.17, 15) is 14.4 Å². The zero-order valence-corrected chi connectivity index (χ0v) is 24.9. The number of nitrogens with zero attached hydrogens (tertiary/aromatic N) is 3. The van der Waals surface area contributed by atoms with Gasteiger partial charge in [-0.1, -0.05) is 6.92 Å². The van der Waals surface area contributed by atoms with E-state index in [4.69, 9.17) is 15.6 Å². The van der Waals surface area contributed by atoms with Crippen molar-refractivity contribution in [2.75, 3.05) is 18.4 Å². The molecule has 2 amide bonds. The number of nitrogens with two attached hydrogens (primary N) is 1. The first kappa shape index (κ1) is 32.7. The molecule has 1 aliphatic heterocycles. The summed E-state index contributed by atoms with van der Waals surface area (Å²) in [7, 11) is 1.79. The number of benzene rings is 1. The van der Waals surface area contributed by atoms with Crippen LogP contribution in [0.2, 0.25) is 0 Å². The monoisotopic (exact) mass is 527 g/mol. The normalized spacial score (nSPS) is 19.2. The molecule has 0 aliphatic carbocycles. The Hall–Kier alpha value is -2.34. The molecule has 11 nitrogen and oxygen atoms in total. The quantitative estimate of drug-likeness (QED) is 0.425. The molecular weight excluding hydrogens is 489 g/mol. The minimum Gasteiger partial charge on any atom is -0.870 e. The molecule has 37 heavy (non-hydrogen) atoms. The first-order valence-electron chi connectivity index (χ1n) is 11.9. The summed E-state index contributed by atoms with van der Waals surface area (Å²) in [6, 6.07) is 5.96. The molecule has 1 aromatic carbocycles. The average molecular weight is 528 g/mol. The maximum Gasteiger partial charge on any atom is 1.00 e.